The van der Waals surface area contributed by atoms with Crippen LogP contribution in [0.1, 0.15) is 45.8 Å². The lowest BCUT2D eigenvalue weighted by Crippen LogP contribution is -2.29. The van der Waals surface area contributed by atoms with Crippen molar-refractivity contribution in [1.29, 1.82) is 0 Å². The summed E-state index contributed by atoms with van der Waals surface area (Å²) < 4.78 is 1.87. The van der Waals surface area contributed by atoms with Crippen LogP contribution in [0.5, 0.6) is 0 Å². The van der Waals surface area contributed by atoms with Gasteiger partial charge in [-0.05, 0) is 56.5 Å². The van der Waals surface area contributed by atoms with Gasteiger partial charge in [0.15, 0.2) is 11.0 Å². The Kier molecular flexibility index (Phi) is 8.06. The summed E-state index contributed by atoms with van der Waals surface area (Å²) in [5.74, 6) is 0.501. The number of hydrogen-bond acceptors (Lipinski definition) is 5. The first-order chi connectivity index (χ1) is 15.8. The maximum atomic E-state index is 12.7. The van der Waals surface area contributed by atoms with Crippen LogP contribution in [-0.4, -0.2) is 32.3 Å². The molecule has 33 heavy (non-hydrogen) atoms. The van der Waals surface area contributed by atoms with Gasteiger partial charge in [-0.3, -0.25) is 9.59 Å². The van der Waals surface area contributed by atoms with Crippen molar-refractivity contribution in [2.45, 2.75) is 45.4 Å². The molecule has 2 amide bonds. The van der Waals surface area contributed by atoms with Crippen molar-refractivity contribution >= 4 is 29.3 Å². The highest BCUT2D eigenvalue weighted by Gasteiger charge is 2.21. The van der Waals surface area contributed by atoms with Gasteiger partial charge < -0.3 is 15.2 Å². The highest BCUT2D eigenvalue weighted by Crippen LogP contribution is 2.23. The van der Waals surface area contributed by atoms with E-state index in [1.807, 2.05) is 68.7 Å². The number of rotatable bonds is 9. The normalized spacial score (nSPS) is 11.6. The second-order valence-electron chi connectivity index (χ2n) is 7.83. The fraction of sp³-hybridized carbons (Fsp3) is 0.280. The maximum Gasteiger partial charge on any atom is 0.252 e. The Morgan fingerprint density at radius 2 is 1.82 bits per heavy atom. The molecule has 0 saturated heterocycles. The minimum atomic E-state index is -0.373. The van der Waals surface area contributed by atoms with Crippen LogP contribution in [-0.2, 0) is 11.3 Å². The van der Waals surface area contributed by atoms with Crippen molar-refractivity contribution in [3.63, 3.8) is 0 Å². The summed E-state index contributed by atoms with van der Waals surface area (Å²) in [4.78, 5) is 25.2. The third kappa shape index (κ3) is 5.90. The van der Waals surface area contributed by atoms with Crippen LogP contribution in [0.15, 0.2) is 60.3 Å². The number of allylic oxidation sites excluding steroid dienone is 1. The van der Waals surface area contributed by atoms with Crippen LogP contribution in [0.25, 0.3) is 0 Å². The zero-order valence-corrected chi connectivity index (χ0v) is 20.2. The molecule has 172 valence electrons. The van der Waals surface area contributed by atoms with Crippen molar-refractivity contribution in [1.82, 2.24) is 20.1 Å². The molecule has 0 saturated carbocycles. The van der Waals surface area contributed by atoms with Gasteiger partial charge in [0.25, 0.3) is 5.91 Å². The summed E-state index contributed by atoms with van der Waals surface area (Å²) in [6, 6.07) is 12.9. The number of aromatic nitrogens is 3. The summed E-state index contributed by atoms with van der Waals surface area (Å²) in [7, 11) is 0. The van der Waals surface area contributed by atoms with Gasteiger partial charge in [-0.15, -0.1) is 16.8 Å². The average Bonchev–Trinajstić information content (AvgIpc) is 3.18. The van der Waals surface area contributed by atoms with E-state index in [1.165, 1.54) is 11.8 Å². The van der Waals surface area contributed by atoms with Crippen LogP contribution in [0.4, 0.5) is 5.69 Å². The van der Waals surface area contributed by atoms with Gasteiger partial charge in [0.1, 0.15) is 0 Å². The summed E-state index contributed by atoms with van der Waals surface area (Å²) >= 11 is 1.30. The molecule has 0 spiro atoms. The van der Waals surface area contributed by atoms with Gasteiger partial charge in [-0.25, -0.2) is 0 Å². The summed E-state index contributed by atoms with van der Waals surface area (Å²) in [6.07, 6.45) is 1.74. The van der Waals surface area contributed by atoms with Crippen LogP contribution in [0.2, 0.25) is 0 Å². The third-order valence-corrected chi connectivity index (χ3v) is 6.36. The molecule has 7 nitrogen and oxygen atoms in total. The highest BCUT2D eigenvalue weighted by atomic mass is 32.2. The minimum absolute atomic E-state index is 0.121. The maximum absolute atomic E-state index is 12.7. The Bertz CT molecular complexity index is 1170. The van der Waals surface area contributed by atoms with Crippen molar-refractivity contribution in [3.8, 4) is 0 Å². The SMILES string of the molecule is C=CCn1c(SCC(=O)Nc2cccc(C)c2C)nnc1[C@@H](C)NC(=O)c1ccccc1C. The first-order valence-electron chi connectivity index (χ1n) is 10.7. The number of benzene rings is 2. The topological polar surface area (TPSA) is 88.9 Å². The minimum Gasteiger partial charge on any atom is -0.342 e. The van der Waals surface area contributed by atoms with Crippen molar-refractivity contribution < 1.29 is 9.59 Å². The van der Waals surface area contributed by atoms with E-state index in [1.54, 1.807) is 12.1 Å². The number of anilines is 1. The first-order valence-corrected chi connectivity index (χ1v) is 11.7. The van der Waals surface area contributed by atoms with E-state index in [0.717, 1.165) is 22.4 Å². The molecule has 1 aromatic heterocycles. The fourth-order valence-electron chi connectivity index (χ4n) is 3.40. The molecule has 2 aromatic carbocycles. The van der Waals surface area contributed by atoms with Gasteiger partial charge in [0.2, 0.25) is 5.91 Å². The number of carbonyl (C=O) groups excluding carboxylic acids is 2. The number of hydrogen-bond donors (Lipinski definition) is 2. The molecule has 1 atom stereocenters. The molecule has 2 N–H and O–H groups in total. The predicted octanol–water partition coefficient (Wildman–Crippen LogP) is 4.61. The number of carbonyl (C=O) groups is 2. The van der Waals surface area contributed by atoms with E-state index in [4.69, 9.17) is 0 Å². The zero-order valence-electron chi connectivity index (χ0n) is 19.4. The number of nitrogens with one attached hydrogen (secondary N) is 2. The van der Waals surface area contributed by atoms with Gasteiger partial charge in [-0.2, -0.15) is 0 Å². The van der Waals surface area contributed by atoms with E-state index in [2.05, 4.69) is 27.4 Å². The molecule has 3 aromatic rings. The van der Waals surface area contributed by atoms with Crippen molar-refractivity contribution in [2.24, 2.45) is 0 Å². The fourth-order valence-corrected chi connectivity index (χ4v) is 4.15. The predicted molar refractivity (Wildman–Crippen MR) is 133 cm³/mol. The highest BCUT2D eigenvalue weighted by molar-refractivity contribution is 7.99. The number of nitrogens with zero attached hydrogens (tertiary/aromatic N) is 3. The molecule has 0 aliphatic rings. The van der Waals surface area contributed by atoms with E-state index in [0.29, 0.717) is 23.1 Å². The average molecular weight is 464 g/mol. The van der Waals surface area contributed by atoms with Crippen LogP contribution in [0.3, 0.4) is 0 Å². The Morgan fingerprint density at radius 1 is 1.09 bits per heavy atom. The monoisotopic (exact) mass is 463 g/mol. The molecule has 0 unspecified atom stereocenters. The molecule has 8 heteroatoms. The standard InChI is InChI=1S/C25H29N5O2S/c1-6-14-30-23(19(5)26-24(32)20-12-8-7-10-17(20)3)28-29-25(30)33-15-22(31)27-21-13-9-11-16(2)18(21)4/h6-13,19H,1,14-15H2,2-5H3,(H,26,32)(H,27,31)/t19-/m1/s1. The smallest absolute Gasteiger partial charge is 0.252 e. The molecular weight excluding hydrogens is 434 g/mol. The van der Waals surface area contributed by atoms with Crippen molar-refractivity contribution in [2.75, 3.05) is 11.1 Å². The molecule has 3 rings (SSSR count). The molecular formula is C25H29N5O2S. The van der Waals surface area contributed by atoms with E-state index in [9.17, 15) is 9.59 Å². The summed E-state index contributed by atoms with van der Waals surface area (Å²) in [6.45, 7) is 12.0. The first kappa shape index (κ1) is 24.3. The second-order valence-corrected chi connectivity index (χ2v) is 8.78. The lowest BCUT2D eigenvalue weighted by atomic mass is 10.1. The van der Waals surface area contributed by atoms with Gasteiger partial charge >= 0.3 is 0 Å². The Morgan fingerprint density at radius 3 is 2.55 bits per heavy atom. The Labute approximate surface area is 198 Å². The lowest BCUT2D eigenvalue weighted by molar-refractivity contribution is -0.113. The molecule has 0 aliphatic carbocycles. The quantitative estimate of drug-likeness (QED) is 0.357. The second kappa shape index (κ2) is 11.0. The van der Waals surface area contributed by atoms with Crippen LogP contribution in [0, 0.1) is 20.8 Å². The lowest BCUT2D eigenvalue weighted by Gasteiger charge is -2.16. The van der Waals surface area contributed by atoms with Gasteiger partial charge in [-0.1, -0.05) is 48.2 Å². The van der Waals surface area contributed by atoms with Crippen LogP contribution >= 0.6 is 11.8 Å². The van der Waals surface area contributed by atoms with Gasteiger partial charge in [0, 0.05) is 17.8 Å². The number of aryl methyl sites for hydroxylation is 2. The van der Waals surface area contributed by atoms with Crippen molar-refractivity contribution in [3.05, 3.63) is 83.2 Å². The van der Waals surface area contributed by atoms with E-state index >= 15 is 0 Å². The Balaban J connectivity index is 1.69. The summed E-state index contributed by atoms with van der Waals surface area (Å²) in [5.41, 5.74) is 4.50. The van der Waals surface area contributed by atoms with E-state index < -0.39 is 0 Å². The zero-order chi connectivity index (χ0) is 24.0. The Hall–Kier alpha value is -3.39. The van der Waals surface area contributed by atoms with Gasteiger partial charge in [0.05, 0.1) is 11.8 Å². The van der Waals surface area contributed by atoms with Crippen LogP contribution < -0.4 is 10.6 Å². The third-order valence-electron chi connectivity index (χ3n) is 5.39. The number of amides is 2. The largest absolute Gasteiger partial charge is 0.342 e. The molecule has 0 bridgehead atoms. The molecule has 0 radical (unpaired) electrons. The molecule has 0 aliphatic heterocycles. The summed E-state index contributed by atoms with van der Waals surface area (Å²) in [5, 5.41) is 15.1. The molecule has 1 heterocycles. The molecule has 0 fully saturated rings. The number of thioether (sulfide) groups is 1. The van der Waals surface area contributed by atoms with E-state index in [-0.39, 0.29) is 23.6 Å².